The lowest BCUT2D eigenvalue weighted by Crippen LogP contribution is -2.55. The SMILES string of the molecule is CNC1CC2CCCC(C1)N2Cc1cc(C)c(C)s1. The fraction of sp³-hybridized carbons (Fsp3) is 0.750. The highest BCUT2D eigenvalue weighted by Gasteiger charge is 2.37. The minimum absolute atomic E-state index is 0.748. The number of thiophene rings is 1. The second kappa shape index (κ2) is 5.55. The summed E-state index contributed by atoms with van der Waals surface area (Å²) in [5.41, 5.74) is 1.47. The molecule has 2 aliphatic heterocycles. The van der Waals surface area contributed by atoms with Gasteiger partial charge in [0, 0.05) is 34.4 Å². The van der Waals surface area contributed by atoms with E-state index in [-0.39, 0.29) is 0 Å². The third-order valence-corrected chi connectivity index (χ3v) is 6.23. The first-order valence-electron chi connectivity index (χ1n) is 7.66. The number of rotatable bonds is 3. The maximum atomic E-state index is 3.51. The van der Waals surface area contributed by atoms with Gasteiger partial charge in [0.25, 0.3) is 0 Å². The third-order valence-electron chi connectivity index (χ3n) is 5.09. The first kappa shape index (κ1) is 13.6. The summed E-state index contributed by atoms with van der Waals surface area (Å²) < 4.78 is 0. The van der Waals surface area contributed by atoms with Crippen LogP contribution in [0.15, 0.2) is 6.07 Å². The molecule has 0 saturated carbocycles. The van der Waals surface area contributed by atoms with Crippen molar-refractivity contribution in [1.82, 2.24) is 10.2 Å². The van der Waals surface area contributed by atoms with E-state index >= 15 is 0 Å². The Morgan fingerprint density at radius 3 is 2.47 bits per heavy atom. The first-order valence-corrected chi connectivity index (χ1v) is 8.48. The summed E-state index contributed by atoms with van der Waals surface area (Å²) in [6.45, 7) is 5.67. The molecule has 3 rings (SSSR count). The maximum absolute atomic E-state index is 3.51. The van der Waals surface area contributed by atoms with E-state index in [1.165, 1.54) is 49.1 Å². The van der Waals surface area contributed by atoms with Crippen molar-refractivity contribution in [2.24, 2.45) is 0 Å². The maximum Gasteiger partial charge on any atom is 0.0334 e. The zero-order chi connectivity index (χ0) is 13.4. The standard InChI is InChI=1S/C16H26N2S/c1-11-7-16(19-12(11)2)10-18-14-5-4-6-15(18)9-13(8-14)17-3/h7,13-15,17H,4-6,8-10H2,1-3H3. The van der Waals surface area contributed by atoms with E-state index in [0.717, 1.165) is 18.1 Å². The Labute approximate surface area is 121 Å². The second-order valence-corrected chi connectivity index (χ2v) is 7.66. The van der Waals surface area contributed by atoms with Gasteiger partial charge in [-0.25, -0.2) is 0 Å². The van der Waals surface area contributed by atoms with Gasteiger partial charge in [0.1, 0.15) is 0 Å². The van der Waals surface area contributed by atoms with E-state index in [0.29, 0.717) is 0 Å². The van der Waals surface area contributed by atoms with Crippen LogP contribution in [0.25, 0.3) is 0 Å². The van der Waals surface area contributed by atoms with Gasteiger partial charge >= 0.3 is 0 Å². The van der Waals surface area contributed by atoms with Crippen LogP contribution in [0.2, 0.25) is 0 Å². The van der Waals surface area contributed by atoms with E-state index < -0.39 is 0 Å². The fourth-order valence-corrected chi connectivity index (χ4v) is 4.94. The monoisotopic (exact) mass is 278 g/mol. The van der Waals surface area contributed by atoms with Gasteiger partial charge in [0.05, 0.1) is 0 Å². The topological polar surface area (TPSA) is 15.3 Å². The Morgan fingerprint density at radius 1 is 1.26 bits per heavy atom. The Morgan fingerprint density at radius 2 is 1.95 bits per heavy atom. The lowest BCUT2D eigenvalue weighted by atomic mass is 9.82. The molecule has 2 bridgehead atoms. The molecule has 106 valence electrons. The van der Waals surface area contributed by atoms with Gasteiger partial charge < -0.3 is 5.32 Å². The molecule has 2 saturated heterocycles. The van der Waals surface area contributed by atoms with Crippen LogP contribution in [-0.2, 0) is 6.54 Å². The summed E-state index contributed by atoms with van der Waals surface area (Å²) in [4.78, 5) is 5.86. The van der Waals surface area contributed by atoms with E-state index in [1.807, 2.05) is 11.3 Å². The van der Waals surface area contributed by atoms with Crippen LogP contribution in [0.4, 0.5) is 0 Å². The number of nitrogens with one attached hydrogen (secondary N) is 1. The first-order chi connectivity index (χ1) is 9.17. The number of nitrogens with zero attached hydrogens (tertiary/aromatic N) is 1. The highest BCUT2D eigenvalue weighted by Crippen LogP contribution is 2.36. The van der Waals surface area contributed by atoms with Crippen LogP contribution in [-0.4, -0.2) is 30.1 Å². The highest BCUT2D eigenvalue weighted by molar-refractivity contribution is 7.12. The van der Waals surface area contributed by atoms with Gasteiger partial charge in [0.15, 0.2) is 0 Å². The minimum Gasteiger partial charge on any atom is -0.317 e. The molecule has 2 nitrogen and oxygen atoms in total. The predicted molar refractivity (Wildman–Crippen MR) is 82.8 cm³/mol. The Bertz CT molecular complexity index is 406. The molecule has 3 heterocycles. The normalized spacial score (nSPS) is 31.6. The van der Waals surface area contributed by atoms with Crippen LogP contribution in [0, 0.1) is 13.8 Å². The molecular weight excluding hydrogens is 252 g/mol. The van der Waals surface area contributed by atoms with Gasteiger partial charge in [-0.15, -0.1) is 11.3 Å². The predicted octanol–water partition coefficient (Wildman–Crippen LogP) is 3.47. The second-order valence-electron chi connectivity index (χ2n) is 6.32. The number of aryl methyl sites for hydroxylation is 2. The average molecular weight is 278 g/mol. The molecule has 0 spiro atoms. The summed E-state index contributed by atoms with van der Waals surface area (Å²) in [5.74, 6) is 0. The van der Waals surface area contributed by atoms with E-state index in [1.54, 1.807) is 4.88 Å². The van der Waals surface area contributed by atoms with Gasteiger partial charge in [-0.2, -0.15) is 0 Å². The highest BCUT2D eigenvalue weighted by atomic mass is 32.1. The molecule has 1 N–H and O–H groups in total. The van der Waals surface area contributed by atoms with Crippen LogP contribution in [0.5, 0.6) is 0 Å². The Balaban J connectivity index is 1.73. The fourth-order valence-electron chi connectivity index (χ4n) is 3.88. The molecule has 1 aromatic heterocycles. The van der Waals surface area contributed by atoms with Crippen LogP contribution in [0.1, 0.15) is 47.4 Å². The van der Waals surface area contributed by atoms with Gasteiger partial charge in [0.2, 0.25) is 0 Å². The van der Waals surface area contributed by atoms with Gasteiger partial charge in [-0.05, 0) is 58.2 Å². The molecule has 1 aromatic rings. The molecule has 0 radical (unpaired) electrons. The van der Waals surface area contributed by atoms with Crippen molar-refractivity contribution >= 4 is 11.3 Å². The number of piperidine rings is 2. The molecule has 19 heavy (non-hydrogen) atoms. The minimum atomic E-state index is 0.748. The molecule has 2 aliphatic rings. The molecule has 0 aromatic carbocycles. The average Bonchev–Trinajstić information content (AvgIpc) is 2.68. The molecule has 2 atom stereocenters. The summed E-state index contributed by atoms with van der Waals surface area (Å²) in [6, 6.07) is 4.78. The Hall–Kier alpha value is -0.380. The van der Waals surface area contributed by atoms with E-state index in [4.69, 9.17) is 0 Å². The zero-order valence-electron chi connectivity index (χ0n) is 12.4. The zero-order valence-corrected chi connectivity index (χ0v) is 13.2. The summed E-state index contributed by atoms with van der Waals surface area (Å²) in [7, 11) is 2.13. The third kappa shape index (κ3) is 2.74. The van der Waals surface area contributed by atoms with Crippen molar-refractivity contribution in [3.63, 3.8) is 0 Å². The molecular formula is C16H26N2S. The van der Waals surface area contributed by atoms with Crippen molar-refractivity contribution in [3.05, 3.63) is 21.4 Å². The van der Waals surface area contributed by atoms with Crippen molar-refractivity contribution in [2.45, 2.75) is 70.6 Å². The van der Waals surface area contributed by atoms with Crippen molar-refractivity contribution in [1.29, 1.82) is 0 Å². The molecule has 0 aliphatic carbocycles. The quantitative estimate of drug-likeness (QED) is 0.911. The number of hydrogen-bond acceptors (Lipinski definition) is 3. The largest absolute Gasteiger partial charge is 0.317 e. The lowest BCUT2D eigenvalue weighted by molar-refractivity contribution is 0.0198. The van der Waals surface area contributed by atoms with E-state index in [9.17, 15) is 0 Å². The van der Waals surface area contributed by atoms with Crippen molar-refractivity contribution in [3.8, 4) is 0 Å². The smallest absolute Gasteiger partial charge is 0.0334 e. The van der Waals surface area contributed by atoms with Crippen molar-refractivity contribution in [2.75, 3.05) is 7.05 Å². The Kier molecular flexibility index (Phi) is 3.97. The summed E-state index contributed by atoms with van der Waals surface area (Å²) >= 11 is 2.00. The molecule has 2 unspecified atom stereocenters. The summed E-state index contributed by atoms with van der Waals surface area (Å²) in [5, 5.41) is 3.51. The van der Waals surface area contributed by atoms with Gasteiger partial charge in [-0.3, -0.25) is 4.90 Å². The number of hydrogen-bond donors (Lipinski definition) is 1. The lowest BCUT2D eigenvalue weighted by Gasteiger charge is -2.48. The van der Waals surface area contributed by atoms with E-state index in [2.05, 4.69) is 37.2 Å². The number of fused-ring (bicyclic) bond motifs is 2. The molecule has 3 heteroatoms. The van der Waals surface area contributed by atoms with Crippen LogP contribution < -0.4 is 5.32 Å². The summed E-state index contributed by atoms with van der Waals surface area (Å²) in [6.07, 6.45) is 6.92. The van der Waals surface area contributed by atoms with Crippen LogP contribution >= 0.6 is 11.3 Å². The molecule has 2 fully saturated rings. The van der Waals surface area contributed by atoms with Crippen LogP contribution in [0.3, 0.4) is 0 Å². The van der Waals surface area contributed by atoms with Gasteiger partial charge in [-0.1, -0.05) is 6.42 Å². The molecule has 0 amide bonds. The van der Waals surface area contributed by atoms with Crippen molar-refractivity contribution < 1.29 is 0 Å².